The summed E-state index contributed by atoms with van der Waals surface area (Å²) in [6, 6.07) is 8.44. The molecule has 4 amide bonds. The first-order chi connectivity index (χ1) is 10.8. The zero-order valence-corrected chi connectivity index (χ0v) is 13.9. The van der Waals surface area contributed by atoms with Gasteiger partial charge in [0.2, 0.25) is 5.91 Å². The molecule has 0 radical (unpaired) electrons. The average molecular weight is 317 g/mol. The molecule has 6 nitrogen and oxygen atoms in total. The van der Waals surface area contributed by atoms with Gasteiger partial charge >= 0.3 is 6.03 Å². The lowest BCUT2D eigenvalue weighted by Crippen LogP contribution is -2.45. The number of rotatable bonds is 5. The molecule has 0 aromatic heterocycles. The summed E-state index contributed by atoms with van der Waals surface area (Å²) in [5.74, 6) is -0.482. The summed E-state index contributed by atoms with van der Waals surface area (Å²) in [6.07, 6.45) is 0. The minimum absolute atomic E-state index is 0.0243. The van der Waals surface area contributed by atoms with Gasteiger partial charge in [-0.2, -0.15) is 0 Å². The fourth-order valence-corrected chi connectivity index (χ4v) is 2.42. The number of carbonyl (C=O) groups excluding carboxylic acids is 3. The van der Waals surface area contributed by atoms with Crippen molar-refractivity contribution < 1.29 is 14.4 Å². The summed E-state index contributed by atoms with van der Waals surface area (Å²) in [4.78, 5) is 37.8. The van der Waals surface area contributed by atoms with Crippen molar-refractivity contribution in [1.29, 1.82) is 0 Å². The van der Waals surface area contributed by atoms with E-state index in [2.05, 4.69) is 10.6 Å². The minimum Gasteiger partial charge on any atom is -0.352 e. The molecule has 1 saturated heterocycles. The van der Waals surface area contributed by atoms with Crippen LogP contribution < -0.4 is 10.6 Å². The smallest absolute Gasteiger partial charge is 0.325 e. The largest absolute Gasteiger partial charge is 0.352 e. The number of hydrogen-bond acceptors (Lipinski definition) is 3. The molecule has 6 heteroatoms. The Balaban J connectivity index is 2.12. The van der Waals surface area contributed by atoms with Crippen molar-refractivity contribution in [2.75, 3.05) is 6.54 Å². The molecule has 2 atom stereocenters. The average Bonchev–Trinajstić information content (AvgIpc) is 2.72. The predicted molar refractivity (Wildman–Crippen MR) is 86.5 cm³/mol. The Morgan fingerprint density at radius 2 is 1.83 bits per heavy atom. The van der Waals surface area contributed by atoms with E-state index >= 15 is 0 Å². The number of imide groups is 1. The van der Waals surface area contributed by atoms with Crippen LogP contribution >= 0.6 is 0 Å². The van der Waals surface area contributed by atoms with E-state index in [1.54, 1.807) is 31.2 Å². The third-order valence-electron chi connectivity index (χ3n) is 4.32. The number of urea groups is 1. The SMILES string of the molecule is CC(C)[C@@H](C)NC(=O)CN1C(=O)N[C@](C)(c2ccccc2)C1=O. The maximum absolute atomic E-state index is 12.7. The molecule has 124 valence electrons. The van der Waals surface area contributed by atoms with Gasteiger partial charge in [-0.25, -0.2) is 4.79 Å². The van der Waals surface area contributed by atoms with Gasteiger partial charge in [-0.15, -0.1) is 0 Å². The van der Waals surface area contributed by atoms with Crippen LogP contribution in [0.15, 0.2) is 30.3 Å². The van der Waals surface area contributed by atoms with Crippen molar-refractivity contribution >= 4 is 17.8 Å². The predicted octanol–water partition coefficient (Wildman–Crippen LogP) is 1.61. The Morgan fingerprint density at radius 1 is 1.22 bits per heavy atom. The van der Waals surface area contributed by atoms with Gasteiger partial charge in [0.15, 0.2) is 0 Å². The number of hydrogen-bond donors (Lipinski definition) is 2. The van der Waals surface area contributed by atoms with Gasteiger partial charge in [-0.05, 0) is 25.3 Å². The van der Waals surface area contributed by atoms with Crippen LogP contribution in [0.1, 0.15) is 33.3 Å². The first-order valence-electron chi connectivity index (χ1n) is 7.74. The van der Waals surface area contributed by atoms with E-state index in [4.69, 9.17) is 0 Å². The second kappa shape index (κ2) is 6.40. The molecule has 0 aliphatic carbocycles. The molecule has 0 unspecified atom stereocenters. The van der Waals surface area contributed by atoms with E-state index < -0.39 is 17.5 Å². The molecule has 1 aromatic rings. The van der Waals surface area contributed by atoms with Crippen LogP contribution in [0.25, 0.3) is 0 Å². The van der Waals surface area contributed by atoms with Gasteiger partial charge < -0.3 is 10.6 Å². The lowest BCUT2D eigenvalue weighted by atomic mass is 9.92. The first kappa shape index (κ1) is 17.0. The number of nitrogens with one attached hydrogen (secondary N) is 2. The number of amides is 4. The molecule has 1 fully saturated rings. The Labute approximate surface area is 136 Å². The Kier molecular flexibility index (Phi) is 4.73. The van der Waals surface area contributed by atoms with Crippen LogP contribution in [0.2, 0.25) is 0 Å². The summed E-state index contributed by atoms with van der Waals surface area (Å²) in [7, 11) is 0. The molecule has 0 saturated carbocycles. The fraction of sp³-hybridized carbons (Fsp3) is 0.471. The molecule has 1 aliphatic heterocycles. The standard InChI is InChI=1S/C17H23N3O3/c1-11(2)12(3)18-14(21)10-20-15(22)17(4,19-16(20)23)13-8-6-5-7-9-13/h5-9,11-12H,10H2,1-4H3,(H,18,21)(H,19,23)/t12-,17-/m1/s1. The topological polar surface area (TPSA) is 78.5 Å². The normalized spacial score (nSPS) is 22.2. The third kappa shape index (κ3) is 3.36. The summed E-state index contributed by atoms with van der Waals surface area (Å²) in [5, 5.41) is 5.49. The lowest BCUT2D eigenvalue weighted by Gasteiger charge is -2.22. The molecule has 1 heterocycles. The van der Waals surface area contributed by atoms with Crippen molar-refractivity contribution in [3.63, 3.8) is 0 Å². The Hall–Kier alpha value is -2.37. The maximum Gasteiger partial charge on any atom is 0.325 e. The molecule has 0 bridgehead atoms. The van der Waals surface area contributed by atoms with Crippen molar-refractivity contribution in [1.82, 2.24) is 15.5 Å². The van der Waals surface area contributed by atoms with Gasteiger partial charge in [-0.3, -0.25) is 14.5 Å². The van der Waals surface area contributed by atoms with Crippen molar-refractivity contribution in [3.8, 4) is 0 Å². The van der Waals surface area contributed by atoms with E-state index in [9.17, 15) is 14.4 Å². The van der Waals surface area contributed by atoms with Gasteiger partial charge in [0.25, 0.3) is 5.91 Å². The molecule has 1 aromatic carbocycles. The summed E-state index contributed by atoms with van der Waals surface area (Å²) in [6.45, 7) is 7.25. The highest BCUT2D eigenvalue weighted by Gasteiger charge is 2.49. The molecule has 23 heavy (non-hydrogen) atoms. The van der Waals surface area contributed by atoms with Gasteiger partial charge in [-0.1, -0.05) is 44.2 Å². The highest BCUT2D eigenvalue weighted by atomic mass is 16.2. The molecular formula is C17H23N3O3. The fourth-order valence-electron chi connectivity index (χ4n) is 2.42. The molecule has 0 spiro atoms. The zero-order chi connectivity index (χ0) is 17.2. The number of benzene rings is 1. The molecular weight excluding hydrogens is 294 g/mol. The number of carbonyl (C=O) groups is 3. The second-order valence-corrected chi connectivity index (χ2v) is 6.41. The van der Waals surface area contributed by atoms with Crippen molar-refractivity contribution in [2.45, 2.75) is 39.3 Å². The van der Waals surface area contributed by atoms with Crippen LogP contribution in [0.5, 0.6) is 0 Å². The van der Waals surface area contributed by atoms with Crippen molar-refractivity contribution in [3.05, 3.63) is 35.9 Å². The highest BCUT2D eigenvalue weighted by molar-refractivity contribution is 6.09. The zero-order valence-electron chi connectivity index (χ0n) is 13.9. The van der Waals surface area contributed by atoms with Gasteiger partial charge in [0.05, 0.1) is 0 Å². The number of nitrogens with zero attached hydrogens (tertiary/aromatic N) is 1. The Morgan fingerprint density at radius 3 is 2.39 bits per heavy atom. The maximum atomic E-state index is 12.7. The summed E-state index contributed by atoms with van der Waals surface area (Å²) >= 11 is 0. The second-order valence-electron chi connectivity index (χ2n) is 6.41. The van der Waals surface area contributed by atoms with Crippen LogP contribution in [0.4, 0.5) is 4.79 Å². The summed E-state index contributed by atoms with van der Waals surface area (Å²) < 4.78 is 0. The van der Waals surface area contributed by atoms with Gasteiger partial charge in [0, 0.05) is 6.04 Å². The third-order valence-corrected chi connectivity index (χ3v) is 4.32. The first-order valence-corrected chi connectivity index (χ1v) is 7.74. The van der Waals surface area contributed by atoms with Crippen LogP contribution in [0, 0.1) is 5.92 Å². The molecule has 1 aliphatic rings. The van der Waals surface area contributed by atoms with E-state index in [0.717, 1.165) is 4.90 Å². The Bertz CT molecular complexity index is 615. The van der Waals surface area contributed by atoms with E-state index in [1.165, 1.54) is 0 Å². The quantitative estimate of drug-likeness (QED) is 0.810. The monoisotopic (exact) mass is 317 g/mol. The van der Waals surface area contributed by atoms with E-state index in [-0.39, 0.29) is 24.4 Å². The molecule has 2 N–H and O–H groups in total. The van der Waals surface area contributed by atoms with E-state index in [0.29, 0.717) is 5.56 Å². The van der Waals surface area contributed by atoms with E-state index in [1.807, 2.05) is 26.8 Å². The van der Waals surface area contributed by atoms with Crippen LogP contribution in [0.3, 0.4) is 0 Å². The van der Waals surface area contributed by atoms with Crippen LogP contribution in [-0.4, -0.2) is 35.3 Å². The molecule has 2 rings (SSSR count). The van der Waals surface area contributed by atoms with Gasteiger partial charge in [0.1, 0.15) is 12.1 Å². The lowest BCUT2D eigenvalue weighted by molar-refractivity contribution is -0.135. The van der Waals surface area contributed by atoms with Crippen molar-refractivity contribution in [2.24, 2.45) is 5.92 Å². The van der Waals surface area contributed by atoms with Crippen LogP contribution in [-0.2, 0) is 15.1 Å². The summed E-state index contributed by atoms with van der Waals surface area (Å²) in [5.41, 5.74) is -0.445. The highest BCUT2D eigenvalue weighted by Crippen LogP contribution is 2.28. The minimum atomic E-state index is -1.14.